The van der Waals surface area contributed by atoms with Crippen LogP contribution in [-0.2, 0) is 9.47 Å². The van der Waals surface area contributed by atoms with Gasteiger partial charge in [-0.1, -0.05) is 6.07 Å². The molecule has 1 N–H and O–H groups in total. The first-order valence-electron chi connectivity index (χ1n) is 5.43. The molecule has 5 heteroatoms. The summed E-state index contributed by atoms with van der Waals surface area (Å²) in [6.07, 6.45) is 3.18. The van der Waals surface area contributed by atoms with Gasteiger partial charge in [-0.25, -0.2) is 4.85 Å². The average Bonchev–Trinajstić information content (AvgIpc) is 2.40. The van der Waals surface area contributed by atoms with E-state index < -0.39 is 0 Å². The largest absolute Gasteiger partial charge is 0.370 e. The predicted octanol–water partition coefficient (Wildman–Crippen LogP) is 2.44. The molecule has 0 aliphatic rings. The Morgan fingerprint density at radius 3 is 2.71 bits per heavy atom. The quantitative estimate of drug-likeness (QED) is 0.448. The van der Waals surface area contributed by atoms with Crippen molar-refractivity contribution in [1.29, 1.82) is 0 Å². The van der Waals surface area contributed by atoms with E-state index in [9.17, 15) is 0 Å². The minimum absolute atomic E-state index is 0.144. The second-order valence-corrected chi connectivity index (χ2v) is 3.48. The third-order valence-corrected chi connectivity index (χ3v) is 2.33. The number of hydrogen-bond acceptors (Lipinski definition) is 4. The van der Waals surface area contributed by atoms with Crippen LogP contribution >= 0.6 is 0 Å². The van der Waals surface area contributed by atoms with Gasteiger partial charge in [0.15, 0.2) is 6.29 Å². The zero-order chi connectivity index (χ0) is 12.5. The van der Waals surface area contributed by atoms with Crippen LogP contribution in [0.1, 0.15) is 12.8 Å². The third kappa shape index (κ3) is 4.81. The first-order chi connectivity index (χ1) is 8.30. The molecular formula is C12H17N3O2. The second-order valence-electron chi connectivity index (χ2n) is 3.48. The Kier molecular flexibility index (Phi) is 6.00. The molecule has 0 amide bonds. The molecule has 0 saturated heterocycles. The van der Waals surface area contributed by atoms with Gasteiger partial charge in [-0.05, 0) is 18.9 Å². The maximum Gasteiger partial charge on any atom is 0.205 e. The highest BCUT2D eigenvalue weighted by molar-refractivity contribution is 5.47. The van der Waals surface area contributed by atoms with Crippen molar-refractivity contribution in [3.8, 4) is 0 Å². The SMILES string of the molecule is [C-]#[N+]c1ccc(NCCCC(OC)OC)nc1. The fourth-order valence-corrected chi connectivity index (χ4v) is 1.37. The molecule has 0 radical (unpaired) electrons. The van der Waals surface area contributed by atoms with Crippen molar-refractivity contribution in [1.82, 2.24) is 4.98 Å². The lowest BCUT2D eigenvalue weighted by Crippen LogP contribution is -2.14. The van der Waals surface area contributed by atoms with Gasteiger partial charge in [-0.2, -0.15) is 0 Å². The Morgan fingerprint density at radius 2 is 2.18 bits per heavy atom. The summed E-state index contributed by atoms with van der Waals surface area (Å²) in [6, 6.07) is 3.55. The molecular weight excluding hydrogens is 218 g/mol. The summed E-state index contributed by atoms with van der Waals surface area (Å²) in [6.45, 7) is 7.61. The Hall–Kier alpha value is -1.64. The van der Waals surface area contributed by atoms with Gasteiger partial charge in [-0.3, -0.25) is 4.98 Å². The zero-order valence-electron chi connectivity index (χ0n) is 10.1. The Bertz CT molecular complexity index is 355. The number of ether oxygens (including phenoxy) is 2. The van der Waals surface area contributed by atoms with E-state index in [1.54, 1.807) is 32.5 Å². The van der Waals surface area contributed by atoms with Crippen molar-refractivity contribution < 1.29 is 9.47 Å². The lowest BCUT2D eigenvalue weighted by atomic mass is 10.3. The molecule has 17 heavy (non-hydrogen) atoms. The van der Waals surface area contributed by atoms with Crippen LogP contribution in [0.3, 0.4) is 0 Å². The molecule has 92 valence electrons. The highest BCUT2D eigenvalue weighted by Gasteiger charge is 2.03. The Morgan fingerprint density at radius 1 is 1.41 bits per heavy atom. The van der Waals surface area contributed by atoms with Crippen molar-refractivity contribution in [2.24, 2.45) is 0 Å². The van der Waals surface area contributed by atoms with Gasteiger partial charge in [0.2, 0.25) is 5.69 Å². The number of hydrogen-bond donors (Lipinski definition) is 1. The lowest BCUT2D eigenvalue weighted by Gasteiger charge is -2.13. The average molecular weight is 235 g/mol. The van der Waals surface area contributed by atoms with Crippen molar-refractivity contribution in [3.63, 3.8) is 0 Å². The number of nitrogens with one attached hydrogen (secondary N) is 1. The number of aromatic nitrogens is 1. The monoisotopic (exact) mass is 235 g/mol. The number of pyridine rings is 1. The third-order valence-electron chi connectivity index (χ3n) is 2.33. The van der Waals surface area contributed by atoms with E-state index in [0.29, 0.717) is 5.69 Å². The minimum atomic E-state index is -0.144. The van der Waals surface area contributed by atoms with Gasteiger partial charge in [0.1, 0.15) is 5.82 Å². The van der Waals surface area contributed by atoms with E-state index in [0.717, 1.165) is 25.2 Å². The molecule has 1 aromatic rings. The molecule has 0 spiro atoms. The van der Waals surface area contributed by atoms with Gasteiger partial charge >= 0.3 is 0 Å². The maximum absolute atomic E-state index is 6.81. The van der Waals surface area contributed by atoms with E-state index in [-0.39, 0.29) is 6.29 Å². The van der Waals surface area contributed by atoms with Crippen LogP contribution in [0.5, 0.6) is 0 Å². The van der Waals surface area contributed by atoms with Crippen LogP contribution in [0.25, 0.3) is 4.85 Å². The fraction of sp³-hybridized carbons (Fsp3) is 0.500. The highest BCUT2D eigenvalue weighted by Crippen LogP contribution is 2.12. The lowest BCUT2D eigenvalue weighted by molar-refractivity contribution is -0.106. The normalized spacial score (nSPS) is 10.2. The van der Waals surface area contributed by atoms with Gasteiger partial charge in [0.25, 0.3) is 0 Å². The molecule has 0 atom stereocenters. The van der Waals surface area contributed by atoms with E-state index in [1.165, 1.54) is 0 Å². The Balaban J connectivity index is 2.24. The highest BCUT2D eigenvalue weighted by atomic mass is 16.7. The molecule has 0 aliphatic heterocycles. The molecule has 0 saturated carbocycles. The summed E-state index contributed by atoms with van der Waals surface area (Å²) in [5, 5.41) is 3.17. The number of rotatable bonds is 7. The number of methoxy groups -OCH3 is 2. The number of anilines is 1. The zero-order valence-corrected chi connectivity index (χ0v) is 10.1. The predicted molar refractivity (Wildman–Crippen MR) is 66.0 cm³/mol. The molecule has 5 nitrogen and oxygen atoms in total. The van der Waals surface area contributed by atoms with E-state index in [4.69, 9.17) is 16.0 Å². The molecule has 0 fully saturated rings. The molecule has 0 unspecified atom stereocenters. The first-order valence-corrected chi connectivity index (χ1v) is 5.43. The molecule has 0 aliphatic carbocycles. The topological polar surface area (TPSA) is 47.7 Å². The number of nitrogens with zero attached hydrogens (tertiary/aromatic N) is 2. The maximum atomic E-state index is 6.81. The standard InChI is InChI=1S/C12H17N3O2/c1-13-10-6-7-11(15-9-10)14-8-4-5-12(16-2)17-3/h6-7,9,12H,4-5,8H2,2-3H3,(H,14,15). The summed E-state index contributed by atoms with van der Waals surface area (Å²) in [4.78, 5) is 7.40. The minimum Gasteiger partial charge on any atom is -0.370 e. The summed E-state index contributed by atoms with van der Waals surface area (Å²) in [7, 11) is 3.26. The van der Waals surface area contributed by atoms with Crippen molar-refractivity contribution in [2.75, 3.05) is 26.1 Å². The van der Waals surface area contributed by atoms with Crippen LogP contribution < -0.4 is 5.32 Å². The van der Waals surface area contributed by atoms with Gasteiger partial charge in [0.05, 0.1) is 6.57 Å². The first kappa shape index (κ1) is 13.4. The van der Waals surface area contributed by atoms with Crippen LogP contribution in [0, 0.1) is 6.57 Å². The fourth-order valence-electron chi connectivity index (χ4n) is 1.37. The van der Waals surface area contributed by atoms with Crippen LogP contribution in [-0.4, -0.2) is 32.0 Å². The van der Waals surface area contributed by atoms with Crippen molar-refractivity contribution >= 4 is 11.5 Å². The molecule has 1 aromatic heterocycles. The molecule has 1 rings (SSSR count). The summed E-state index contributed by atoms with van der Waals surface area (Å²) < 4.78 is 10.2. The van der Waals surface area contributed by atoms with Crippen LogP contribution in [0.4, 0.5) is 11.5 Å². The van der Waals surface area contributed by atoms with Gasteiger partial charge in [0, 0.05) is 27.0 Å². The Labute approximate surface area is 102 Å². The summed E-state index contributed by atoms with van der Waals surface area (Å²) in [5.74, 6) is 0.781. The van der Waals surface area contributed by atoms with E-state index >= 15 is 0 Å². The summed E-state index contributed by atoms with van der Waals surface area (Å²) in [5.41, 5.74) is 0.550. The van der Waals surface area contributed by atoms with Crippen LogP contribution in [0.15, 0.2) is 18.3 Å². The molecule has 0 aromatic carbocycles. The smallest absolute Gasteiger partial charge is 0.205 e. The second kappa shape index (κ2) is 7.60. The van der Waals surface area contributed by atoms with Crippen LogP contribution in [0.2, 0.25) is 0 Å². The molecule has 0 bridgehead atoms. The van der Waals surface area contributed by atoms with Gasteiger partial charge < -0.3 is 14.8 Å². The molecule has 1 heterocycles. The summed E-state index contributed by atoms with van der Waals surface area (Å²) >= 11 is 0. The van der Waals surface area contributed by atoms with Gasteiger partial charge in [-0.15, -0.1) is 0 Å². The van der Waals surface area contributed by atoms with Crippen molar-refractivity contribution in [2.45, 2.75) is 19.1 Å². The van der Waals surface area contributed by atoms with Crippen molar-refractivity contribution in [3.05, 3.63) is 29.7 Å². The van der Waals surface area contributed by atoms with E-state index in [1.807, 2.05) is 0 Å². The van der Waals surface area contributed by atoms with E-state index in [2.05, 4.69) is 15.1 Å².